The van der Waals surface area contributed by atoms with Gasteiger partial charge in [-0.15, -0.1) is 0 Å². The van der Waals surface area contributed by atoms with Gasteiger partial charge in [-0.05, 0) is 73.0 Å². The van der Waals surface area contributed by atoms with E-state index in [-0.39, 0.29) is 11.1 Å². The molecular formula is C28H30N6O4S. The Kier molecular flexibility index (Phi) is 8.38. The minimum absolute atomic E-state index is 0.344. The zero-order valence-electron chi connectivity index (χ0n) is 21.8. The minimum Gasteiger partial charge on any atom is -0.497 e. The number of hydrogen-bond donors (Lipinski definition) is 2. The normalized spacial score (nSPS) is 17.0. The molecule has 2 fully saturated rings. The Morgan fingerprint density at radius 3 is 2.69 bits per heavy atom. The molecule has 3 aromatic rings. The van der Waals surface area contributed by atoms with E-state index in [9.17, 15) is 9.59 Å². The number of carbonyl (C=O) groups excluding carboxylic acids is 2. The summed E-state index contributed by atoms with van der Waals surface area (Å²) in [4.78, 5) is 39.4. The first-order valence-electron chi connectivity index (χ1n) is 12.7. The summed E-state index contributed by atoms with van der Waals surface area (Å²) in [6.07, 6.45) is 7.14. The van der Waals surface area contributed by atoms with Crippen LogP contribution < -0.4 is 25.0 Å². The van der Waals surface area contributed by atoms with Crippen LogP contribution >= 0.6 is 11.8 Å². The summed E-state index contributed by atoms with van der Waals surface area (Å²) in [7, 11) is 3.29. The van der Waals surface area contributed by atoms with E-state index >= 15 is 0 Å². The van der Waals surface area contributed by atoms with Gasteiger partial charge in [0.05, 0.1) is 30.5 Å². The number of methoxy groups -OCH3 is 2. The van der Waals surface area contributed by atoms with Gasteiger partial charge < -0.3 is 19.7 Å². The van der Waals surface area contributed by atoms with Crippen LogP contribution in [-0.2, 0) is 11.3 Å². The fraction of sp³-hybridized carbons (Fsp3) is 0.321. The maximum Gasteiger partial charge on any atom is 0.290 e. The molecule has 5 rings (SSSR count). The number of aromatic nitrogens is 3. The van der Waals surface area contributed by atoms with Crippen molar-refractivity contribution in [3.05, 3.63) is 65.0 Å². The average molecular weight is 547 g/mol. The molecule has 0 unspecified atom stereocenters. The number of imide groups is 1. The van der Waals surface area contributed by atoms with Gasteiger partial charge in [0.2, 0.25) is 5.95 Å². The first-order chi connectivity index (χ1) is 19.0. The van der Waals surface area contributed by atoms with Crippen LogP contribution in [0.5, 0.6) is 11.5 Å². The van der Waals surface area contributed by atoms with E-state index in [0.717, 1.165) is 72.6 Å². The van der Waals surface area contributed by atoms with Crippen LogP contribution in [0.25, 0.3) is 17.3 Å². The number of hydrogen-bond acceptors (Lipinski definition) is 10. The van der Waals surface area contributed by atoms with E-state index in [2.05, 4.69) is 36.6 Å². The molecule has 1 aromatic carbocycles. The van der Waals surface area contributed by atoms with E-state index in [0.29, 0.717) is 29.0 Å². The van der Waals surface area contributed by atoms with Crippen molar-refractivity contribution >= 4 is 34.9 Å². The van der Waals surface area contributed by atoms with Crippen LogP contribution in [0.1, 0.15) is 24.1 Å². The number of nitrogens with zero attached hydrogens (tertiary/aromatic N) is 4. The molecule has 0 aliphatic carbocycles. The lowest BCUT2D eigenvalue weighted by atomic mass is 9.96. The number of amides is 2. The second-order valence-electron chi connectivity index (χ2n) is 9.27. The van der Waals surface area contributed by atoms with Gasteiger partial charge in [0, 0.05) is 43.7 Å². The molecule has 39 heavy (non-hydrogen) atoms. The lowest BCUT2D eigenvalue weighted by Gasteiger charge is -2.32. The average Bonchev–Trinajstić information content (AvgIpc) is 3.29. The van der Waals surface area contributed by atoms with Crippen molar-refractivity contribution in [2.75, 3.05) is 38.8 Å². The molecule has 2 N–H and O–H groups in total. The summed E-state index contributed by atoms with van der Waals surface area (Å²) in [5, 5.41) is 5.52. The lowest BCUT2D eigenvalue weighted by Crippen LogP contribution is -2.38. The Morgan fingerprint density at radius 2 is 1.95 bits per heavy atom. The molecule has 2 amide bonds. The van der Waals surface area contributed by atoms with Crippen molar-refractivity contribution < 1.29 is 19.1 Å². The number of carbonyl (C=O) groups is 2. The Hall–Kier alpha value is -3.96. The number of benzene rings is 1. The fourth-order valence-corrected chi connectivity index (χ4v) is 5.38. The van der Waals surface area contributed by atoms with Gasteiger partial charge in [-0.2, -0.15) is 0 Å². The highest BCUT2D eigenvalue weighted by atomic mass is 32.2. The summed E-state index contributed by atoms with van der Waals surface area (Å²) >= 11 is 0.884. The Balaban J connectivity index is 1.16. The van der Waals surface area contributed by atoms with Crippen LogP contribution in [0.3, 0.4) is 0 Å². The summed E-state index contributed by atoms with van der Waals surface area (Å²) in [6, 6.07) is 11.5. The van der Waals surface area contributed by atoms with E-state index in [1.54, 1.807) is 38.8 Å². The molecule has 202 valence electrons. The Labute approximate surface area is 231 Å². The highest BCUT2D eigenvalue weighted by Crippen LogP contribution is 2.34. The first kappa shape index (κ1) is 26.6. The molecule has 0 atom stereocenters. The first-order valence-corrected chi connectivity index (χ1v) is 13.6. The molecule has 0 bridgehead atoms. The summed E-state index contributed by atoms with van der Waals surface area (Å²) < 4.78 is 10.9. The highest BCUT2D eigenvalue weighted by molar-refractivity contribution is 8.18. The second-order valence-corrected chi connectivity index (χ2v) is 10.3. The van der Waals surface area contributed by atoms with Crippen LogP contribution in [-0.4, -0.2) is 60.0 Å². The van der Waals surface area contributed by atoms with Crippen molar-refractivity contribution in [1.82, 2.24) is 25.6 Å². The maximum absolute atomic E-state index is 11.8. The number of anilines is 1. The van der Waals surface area contributed by atoms with Gasteiger partial charge in [-0.25, -0.2) is 9.97 Å². The SMILES string of the molecule is COc1ccc(-c2ncccc2CNCC2CCN(c3nccc(/C=C4\SC(=O)NC4=O)n3)CC2)c(OC)c1. The molecular weight excluding hydrogens is 516 g/mol. The molecule has 10 nitrogen and oxygen atoms in total. The minimum atomic E-state index is -0.389. The third kappa shape index (κ3) is 6.37. The fourth-order valence-electron chi connectivity index (χ4n) is 4.72. The number of pyridine rings is 1. The third-order valence-corrected chi connectivity index (χ3v) is 7.60. The number of thioether (sulfide) groups is 1. The van der Waals surface area contributed by atoms with Gasteiger partial charge >= 0.3 is 0 Å². The smallest absolute Gasteiger partial charge is 0.290 e. The molecule has 2 aromatic heterocycles. The number of rotatable bonds is 9. The quantitative estimate of drug-likeness (QED) is 0.383. The lowest BCUT2D eigenvalue weighted by molar-refractivity contribution is -0.115. The van der Waals surface area contributed by atoms with E-state index in [4.69, 9.17) is 9.47 Å². The predicted octanol–water partition coefficient (Wildman–Crippen LogP) is 3.89. The Bertz CT molecular complexity index is 1390. The molecule has 4 heterocycles. The number of ether oxygens (including phenoxy) is 2. The van der Waals surface area contributed by atoms with Crippen molar-refractivity contribution in [2.24, 2.45) is 5.92 Å². The monoisotopic (exact) mass is 546 g/mol. The number of nitrogens with one attached hydrogen (secondary N) is 2. The van der Waals surface area contributed by atoms with Crippen LogP contribution in [0.15, 0.2) is 53.7 Å². The molecule has 2 aliphatic rings. The van der Waals surface area contributed by atoms with Crippen LogP contribution in [0.2, 0.25) is 0 Å². The van der Waals surface area contributed by atoms with Crippen molar-refractivity contribution in [2.45, 2.75) is 19.4 Å². The number of piperidine rings is 1. The predicted molar refractivity (Wildman–Crippen MR) is 151 cm³/mol. The van der Waals surface area contributed by atoms with Gasteiger partial charge in [-0.1, -0.05) is 6.07 Å². The Morgan fingerprint density at radius 1 is 1.10 bits per heavy atom. The van der Waals surface area contributed by atoms with Gasteiger partial charge in [0.15, 0.2) is 0 Å². The largest absolute Gasteiger partial charge is 0.497 e. The molecule has 2 saturated heterocycles. The molecule has 0 saturated carbocycles. The zero-order valence-corrected chi connectivity index (χ0v) is 22.7. The van der Waals surface area contributed by atoms with Gasteiger partial charge in [0.1, 0.15) is 11.5 Å². The molecule has 0 radical (unpaired) electrons. The van der Waals surface area contributed by atoms with Gasteiger partial charge in [0.25, 0.3) is 11.1 Å². The highest BCUT2D eigenvalue weighted by Gasteiger charge is 2.26. The van der Waals surface area contributed by atoms with E-state index in [1.165, 1.54) is 0 Å². The van der Waals surface area contributed by atoms with Crippen molar-refractivity contribution in [3.63, 3.8) is 0 Å². The zero-order chi connectivity index (χ0) is 27.2. The van der Waals surface area contributed by atoms with E-state index in [1.807, 2.05) is 24.3 Å². The van der Waals surface area contributed by atoms with Gasteiger partial charge in [-0.3, -0.25) is 19.9 Å². The molecule has 11 heteroatoms. The van der Waals surface area contributed by atoms with Crippen molar-refractivity contribution in [1.29, 1.82) is 0 Å². The topological polar surface area (TPSA) is 119 Å². The van der Waals surface area contributed by atoms with Crippen LogP contribution in [0.4, 0.5) is 10.7 Å². The third-order valence-electron chi connectivity index (χ3n) is 6.79. The maximum atomic E-state index is 11.8. The second kappa shape index (κ2) is 12.3. The standard InChI is InChI=1S/C28H30N6O4S/c1-37-21-5-6-22(23(15-21)38-2)25-19(4-3-10-30-25)17-29-16-18-8-12-34(13-9-18)27-31-11-7-20(32-27)14-24-26(35)33-28(36)39-24/h3-7,10-11,14-15,18,29H,8-9,12-13,16-17H2,1-2H3,(H,33,35,36)/b24-14-. The van der Waals surface area contributed by atoms with Crippen molar-refractivity contribution in [3.8, 4) is 22.8 Å². The van der Waals surface area contributed by atoms with Crippen LogP contribution in [0, 0.1) is 5.92 Å². The summed E-state index contributed by atoms with van der Waals surface area (Å²) in [5.41, 5.74) is 3.54. The summed E-state index contributed by atoms with van der Waals surface area (Å²) in [5.74, 6) is 2.25. The van der Waals surface area contributed by atoms with E-state index < -0.39 is 0 Å². The summed E-state index contributed by atoms with van der Waals surface area (Å²) in [6.45, 7) is 3.30. The molecule has 2 aliphatic heterocycles. The molecule has 0 spiro atoms.